The fourth-order valence-electron chi connectivity index (χ4n) is 6.48. The second-order valence-electron chi connectivity index (χ2n) is 11.7. The number of ether oxygens (including phenoxy) is 2. The molecule has 0 saturated heterocycles. The van der Waals surface area contributed by atoms with E-state index < -0.39 is 5.60 Å². The quantitative estimate of drug-likeness (QED) is 0.177. The van der Waals surface area contributed by atoms with Crippen LogP contribution in [0.25, 0.3) is 11.0 Å². The van der Waals surface area contributed by atoms with Gasteiger partial charge in [-0.3, -0.25) is 0 Å². The second-order valence-corrected chi connectivity index (χ2v) is 11.7. The molecule has 0 spiro atoms. The fraction of sp³-hybridized carbons (Fsp3) is 0.412. The third-order valence-electron chi connectivity index (χ3n) is 8.27. The summed E-state index contributed by atoms with van der Waals surface area (Å²) in [5.41, 5.74) is 5.88. The molecule has 0 unspecified atom stereocenters. The Balaban J connectivity index is 0.00000253. The van der Waals surface area contributed by atoms with E-state index in [1.807, 2.05) is 30.3 Å². The molecule has 1 heterocycles. The van der Waals surface area contributed by atoms with Crippen LogP contribution in [0.3, 0.4) is 0 Å². The third-order valence-corrected chi connectivity index (χ3v) is 8.27. The van der Waals surface area contributed by atoms with E-state index >= 15 is 0 Å². The number of imidazole rings is 1. The first-order valence-electron chi connectivity index (χ1n) is 14.5. The molecule has 5 rings (SSSR count). The van der Waals surface area contributed by atoms with Crippen LogP contribution in [0.1, 0.15) is 60.7 Å². The van der Waals surface area contributed by atoms with Gasteiger partial charge in [0.2, 0.25) is 0 Å². The van der Waals surface area contributed by atoms with Crippen LogP contribution < -0.4 is 0 Å². The van der Waals surface area contributed by atoms with Gasteiger partial charge in [-0.05, 0) is 72.3 Å². The topological polar surface area (TPSA) is 67.5 Å². The van der Waals surface area contributed by atoms with E-state index in [0.717, 1.165) is 47.5 Å². The number of benzene rings is 3. The molecule has 0 fully saturated rings. The van der Waals surface area contributed by atoms with E-state index in [1.165, 1.54) is 24.3 Å². The zero-order valence-corrected chi connectivity index (χ0v) is 26.9. The Morgan fingerprint density at radius 3 is 2.51 bits per heavy atom. The van der Waals surface area contributed by atoms with E-state index in [4.69, 9.17) is 14.5 Å². The summed E-state index contributed by atoms with van der Waals surface area (Å²) < 4.78 is 25.4. The summed E-state index contributed by atoms with van der Waals surface area (Å²) in [6, 6.07) is 21.8. The van der Waals surface area contributed by atoms with Gasteiger partial charge in [0, 0.05) is 39.0 Å². The molecular weight excluding hydrogens is 588 g/mol. The highest BCUT2D eigenvalue weighted by Crippen LogP contribution is 2.48. The summed E-state index contributed by atoms with van der Waals surface area (Å²) in [5.74, 6) is 0.559. The molecule has 6 nitrogen and oxygen atoms in total. The van der Waals surface area contributed by atoms with Crippen molar-refractivity contribution in [3.63, 3.8) is 0 Å². The molecule has 4 aromatic rings. The maximum absolute atomic E-state index is 14.1. The van der Waals surface area contributed by atoms with Gasteiger partial charge in [-0.2, -0.15) is 0 Å². The Morgan fingerprint density at radius 2 is 1.81 bits per heavy atom. The van der Waals surface area contributed by atoms with Crippen LogP contribution in [0, 0.1) is 11.7 Å². The maximum atomic E-state index is 14.1. The summed E-state index contributed by atoms with van der Waals surface area (Å²) in [4.78, 5) is 23.1. The third kappa shape index (κ3) is 8.15. The molecule has 0 amide bonds. The molecule has 232 valence electrons. The number of nitrogens with zero attached hydrogens (tertiary/aromatic N) is 2. The van der Waals surface area contributed by atoms with Crippen LogP contribution in [-0.4, -0.2) is 53.7 Å². The number of aryl methyl sites for hydroxylation is 1. The Hall–Kier alpha value is -2.97. The first-order chi connectivity index (χ1) is 19.8. The minimum Gasteiger partial charge on any atom is -0.457 e. The molecular formula is C34H42Cl2FN3O3. The molecule has 43 heavy (non-hydrogen) atoms. The molecule has 9 heteroatoms. The van der Waals surface area contributed by atoms with Crippen molar-refractivity contribution in [1.29, 1.82) is 0 Å². The largest absolute Gasteiger partial charge is 0.457 e. The van der Waals surface area contributed by atoms with Crippen molar-refractivity contribution >= 4 is 41.8 Å². The van der Waals surface area contributed by atoms with E-state index in [9.17, 15) is 9.18 Å². The van der Waals surface area contributed by atoms with Gasteiger partial charge in [0.05, 0.1) is 11.0 Å². The van der Waals surface area contributed by atoms with Crippen molar-refractivity contribution in [2.45, 2.75) is 57.6 Å². The number of aromatic nitrogens is 2. The highest BCUT2D eigenvalue weighted by Gasteiger charge is 2.47. The number of rotatable bonds is 11. The Bertz CT molecular complexity index is 1460. The van der Waals surface area contributed by atoms with Crippen molar-refractivity contribution < 1.29 is 18.7 Å². The molecule has 0 aliphatic heterocycles. The smallest absolute Gasteiger partial charge is 0.332 e. The molecule has 0 bridgehead atoms. The molecule has 0 saturated carbocycles. The van der Waals surface area contributed by atoms with Gasteiger partial charge < -0.3 is 19.4 Å². The van der Waals surface area contributed by atoms with Crippen molar-refractivity contribution in [3.8, 4) is 0 Å². The average molecular weight is 631 g/mol. The van der Waals surface area contributed by atoms with Crippen LogP contribution in [0.4, 0.5) is 4.39 Å². The van der Waals surface area contributed by atoms with Gasteiger partial charge in [-0.15, -0.1) is 24.8 Å². The maximum Gasteiger partial charge on any atom is 0.332 e. The summed E-state index contributed by atoms with van der Waals surface area (Å²) in [6.07, 6.45) is 2.77. The number of hydrogen-bond acceptors (Lipinski definition) is 5. The number of halogens is 3. The molecule has 0 radical (unpaired) electrons. The van der Waals surface area contributed by atoms with Gasteiger partial charge in [0.25, 0.3) is 0 Å². The highest BCUT2D eigenvalue weighted by molar-refractivity contribution is 5.85. The molecule has 1 aliphatic carbocycles. The number of H-pyrrole nitrogens is 1. The Kier molecular flexibility index (Phi) is 12.2. The first-order valence-corrected chi connectivity index (χ1v) is 14.5. The molecule has 1 N–H and O–H groups in total. The number of methoxy groups -OCH3 is 1. The molecule has 2 atom stereocenters. The number of nitrogens with one attached hydrogen (secondary N) is 1. The zero-order valence-electron chi connectivity index (χ0n) is 25.3. The van der Waals surface area contributed by atoms with Gasteiger partial charge >= 0.3 is 5.97 Å². The normalized spacial score (nSPS) is 17.8. The average Bonchev–Trinajstić information content (AvgIpc) is 3.35. The van der Waals surface area contributed by atoms with Crippen LogP contribution in [-0.2, 0) is 33.7 Å². The van der Waals surface area contributed by atoms with E-state index in [-0.39, 0.29) is 55.0 Å². The number of fused-ring (bicyclic) bond motifs is 2. The van der Waals surface area contributed by atoms with Crippen LogP contribution in [0.15, 0.2) is 66.7 Å². The predicted molar refractivity (Wildman–Crippen MR) is 174 cm³/mol. The lowest BCUT2D eigenvalue weighted by atomic mass is 9.65. The number of esters is 1. The van der Waals surface area contributed by atoms with Crippen LogP contribution >= 0.6 is 24.8 Å². The van der Waals surface area contributed by atoms with Crippen molar-refractivity contribution in [1.82, 2.24) is 14.9 Å². The lowest BCUT2D eigenvalue weighted by Gasteiger charge is -2.47. The van der Waals surface area contributed by atoms with E-state index in [0.29, 0.717) is 19.3 Å². The van der Waals surface area contributed by atoms with Gasteiger partial charge in [-0.1, -0.05) is 56.3 Å². The number of carbonyl (C=O) groups is 1. The second kappa shape index (κ2) is 15.2. The number of carbonyl (C=O) groups excluding carboxylic acids is 1. The van der Waals surface area contributed by atoms with Gasteiger partial charge in [0.1, 0.15) is 23.8 Å². The Morgan fingerprint density at radius 1 is 1.09 bits per heavy atom. The SMILES string of the molecule is COCC(=O)O[C@]1(CCN(C)Cc2ccc(Cc3nc4ccccc4[nH]3)cc2)CCc2cc(F)ccc2[C@@H]1C(C)C.Cl.Cl. The predicted octanol–water partition coefficient (Wildman–Crippen LogP) is 7.27. The van der Waals surface area contributed by atoms with Crippen molar-refractivity contribution in [2.24, 2.45) is 5.92 Å². The number of hydrogen-bond donors (Lipinski definition) is 1. The van der Waals surface area contributed by atoms with Gasteiger partial charge in [0.15, 0.2) is 0 Å². The summed E-state index contributed by atoms with van der Waals surface area (Å²) in [6.45, 7) is 5.75. The molecule has 3 aromatic carbocycles. The van der Waals surface area contributed by atoms with Crippen LogP contribution in [0.5, 0.6) is 0 Å². The van der Waals surface area contributed by atoms with Crippen LogP contribution in [0.2, 0.25) is 0 Å². The standard InChI is InChI=1S/C34H40FN3O3.2ClH/c1-23(2)33-28-14-13-27(35)20-26(28)15-16-34(33,41-32(39)22-40-4)17-18-38(3)21-25-11-9-24(10-12-25)19-31-36-29-7-5-6-8-30(29)37-31;;/h5-14,20,23,33H,15-19,21-22H2,1-4H3,(H,36,37);2*1H/t33-,34-;;/m0../s1. The minimum atomic E-state index is -0.681. The Labute approximate surface area is 266 Å². The van der Waals surface area contributed by atoms with Crippen molar-refractivity contribution in [3.05, 3.63) is 101 Å². The van der Waals surface area contributed by atoms with Gasteiger partial charge in [-0.25, -0.2) is 14.2 Å². The number of aromatic amines is 1. The first kappa shape index (κ1) is 34.5. The lowest BCUT2D eigenvalue weighted by molar-refractivity contribution is -0.172. The summed E-state index contributed by atoms with van der Waals surface area (Å²) in [7, 11) is 3.60. The zero-order chi connectivity index (χ0) is 29.0. The minimum absolute atomic E-state index is 0. The monoisotopic (exact) mass is 629 g/mol. The molecule has 1 aromatic heterocycles. The highest BCUT2D eigenvalue weighted by atomic mass is 35.5. The summed E-state index contributed by atoms with van der Waals surface area (Å²) >= 11 is 0. The molecule has 1 aliphatic rings. The summed E-state index contributed by atoms with van der Waals surface area (Å²) in [5, 5.41) is 0. The van der Waals surface area contributed by atoms with Crippen molar-refractivity contribution in [2.75, 3.05) is 27.3 Å². The lowest BCUT2D eigenvalue weighted by Crippen LogP contribution is -2.49. The van der Waals surface area contributed by atoms with E-state index in [2.05, 4.69) is 55.0 Å². The van der Waals surface area contributed by atoms with E-state index in [1.54, 1.807) is 6.07 Å². The number of para-hydroxylation sites is 2. The fourth-order valence-corrected chi connectivity index (χ4v) is 6.48.